The van der Waals surface area contributed by atoms with Crippen LogP contribution in [0.3, 0.4) is 0 Å². The van der Waals surface area contributed by atoms with Crippen molar-refractivity contribution in [2.24, 2.45) is 0 Å². The molecule has 0 aliphatic carbocycles. The molecule has 5 atom stereocenters. The standard InChI is InChI=1S/C8H16O7/c1-3(10)5(12)7(14)8(15)6(13)4(11)2-9/h4-9,11-15H,2H2,1H3/t4-,5+,6+,7-,8+/m0/s1. The minimum absolute atomic E-state index is 0.785. The molecule has 6 N–H and O–H groups in total. The Morgan fingerprint density at radius 1 is 1.00 bits per heavy atom. The van der Waals surface area contributed by atoms with Crippen LogP contribution in [0.1, 0.15) is 6.92 Å². The second kappa shape index (κ2) is 6.11. The molecule has 7 nitrogen and oxygen atoms in total. The van der Waals surface area contributed by atoms with Crippen molar-refractivity contribution in [1.29, 1.82) is 0 Å². The maximum atomic E-state index is 10.6. The molecule has 0 unspecified atom stereocenters. The van der Waals surface area contributed by atoms with Crippen molar-refractivity contribution < 1.29 is 35.4 Å². The molecule has 0 saturated carbocycles. The molecule has 0 aromatic rings. The summed E-state index contributed by atoms with van der Waals surface area (Å²) in [5, 5.41) is 54.0. The minimum atomic E-state index is -1.92. The highest BCUT2D eigenvalue weighted by Gasteiger charge is 2.35. The van der Waals surface area contributed by atoms with E-state index in [9.17, 15) is 15.0 Å². The minimum Gasteiger partial charge on any atom is -0.394 e. The van der Waals surface area contributed by atoms with Gasteiger partial charge in [0.15, 0.2) is 5.78 Å². The Bertz CT molecular complexity index is 207. The SMILES string of the molecule is CC(=O)[C@@H](O)[C@H](O)[C@H](O)[C@H](O)[C@@H](O)CO. The first kappa shape index (κ1) is 14.4. The summed E-state index contributed by atoms with van der Waals surface area (Å²) in [7, 11) is 0. The van der Waals surface area contributed by atoms with Gasteiger partial charge in [-0.2, -0.15) is 0 Å². The second-order valence-electron chi connectivity index (χ2n) is 3.28. The summed E-state index contributed by atoms with van der Waals surface area (Å²) in [6.07, 6.45) is -9.20. The van der Waals surface area contributed by atoms with Crippen molar-refractivity contribution in [3.8, 4) is 0 Å². The Labute approximate surface area is 86.2 Å². The van der Waals surface area contributed by atoms with Gasteiger partial charge in [-0.05, 0) is 6.92 Å². The van der Waals surface area contributed by atoms with Gasteiger partial charge < -0.3 is 30.6 Å². The Hall–Kier alpha value is -0.570. The molecule has 0 spiro atoms. The first-order chi connectivity index (χ1) is 6.82. The maximum Gasteiger partial charge on any atom is 0.160 e. The highest BCUT2D eigenvalue weighted by molar-refractivity contribution is 5.80. The van der Waals surface area contributed by atoms with E-state index in [0.717, 1.165) is 6.92 Å². The van der Waals surface area contributed by atoms with E-state index in [0.29, 0.717) is 0 Å². The van der Waals surface area contributed by atoms with Crippen molar-refractivity contribution in [3.05, 3.63) is 0 Å². The third-order valence-electron chi connectivity index (χ3n) is 2.02. The molecular formula is C8H16O7. The van der Waals surface area contributed by atoms with Gasteiger partial charge in [0.1, 0.15) is 30.5 Å². The normalized spacial score (nSPS) is 21.5. The third-order valence-corrected chi connectivity index (χ3v) is 2.02. The van der Waals surface area contributed by atoms with Crippen molar-refractivity contribution in [2.45, 2.75) is 37.4 Å². The van der Waals surface area contributed by atoms with Gasteiger partial charge in [0.2, 0.25) is 0 Å². The highest BCUT2D eigenvalue weighted by Crippen LogP contribution is 2.08. The first-order valence-electron chi connectivity index (χ1n) is 4.34. The number of ketones is 1. The average Bonchev–Trinajstić information content (AvgIpc) is 2.23. The average molecular weight is 224 g/mol. The lowest BCUT2D eigenvalue weighted by Crippen LogP contribution is -2.51. The van der Waals surface area contributed by atoms with Gasteiger partial charge >= 0.3 is 0 Å². The van der Waals surface area contributed by atoms with Gasteiger partial charge in [0, 0.05) is 0 Å². The van der Waals surface area contributed by atoms with Gasteiger partial charge in [-0.25, -0.2) is 0 Å². The first-order valence-corrected chi connectivity index (χ1v) is 4.34. The number of aliphatic hydroxyl groups is 6. The number of carbonyl (C=O) groups excluding carboxylic acids is 1. The van der Waals surface area contributed by atoms with Gasteiger partial charge in [0.25, 0.3) is 0 Å². The Morgan fingerprint density at radius 2 is 1.47 bits per heavy atom. The fraction of sp³-hybridized carbons (Fsp3) is 0.875. The van der Waals surface area contributed by atoms with Crippen LogP contribution in [0.2, 0.25) is 0 Å². The van der Waals surface area contributed by atoms with Crippen LogP contribution in [0.25, 0.3) is 0 Å². The van der Waals surface area contributed by atoms with Crippen molar-refractivity contribution in [1.82, 2.24) is 0 Å². The fourth-order valence-corrected chi connectivity index (χ4v) is 0.965. The zero-order valence-electron chi connectivity index (χ0n) is 8.19. The van der Waals surface area contributed by atoms with Crippen LogP contribution in [0, 0.1) is 0 Å². The van der Waals surface area contributed by atoms with E-state index < -0.39 is 42.9 Å². The zero-order chi connectivity index (χ0) is 12.2. The summed E-state index contributed by atoms with van der Waals surface area (Å²) in [4.78, 5) is 10.6. The third kappa shape index (κ3) is 3.82. The van der Waals surface area contributed by atoms with Gasteiger partial charge in [-0.1, -0.05) is 0 Å². The van der Waals surface area contributed by atoms with E-state index >= 15 is 0 Å². The number of Topliss-reactive ketones (excluding diaryl/α,β-unsaturated/α-hetero) is 1. The lowest BCUT2D eigenvalue weighted by atomic mass is 9.98. The smallest absolute Gasteiger partial charge is 0.160 e. The largest absolute Gasteiger partial charge is 0.394 e. The van der Waals surface area contributed by atoms with Crippen LogP contribution in [0.4, 0.5) is 0 Å². The van der Waals surface area contributed by atoms with Crippen molar-refractivity contribution in [2.75, 3.05) is 6.61 Å². The van der Waals surface area contributed by atoms with E-state index in [1.807, 2.05) is 0 Å². The molecule has 0 rings (SSSR count). The van der Waals surface area contributed by atoms with Crippen LogP contribution in [0.15, 0.2) is 0 Å². The van der Waals surface area contributed by atoms with Gasteiger partial charge in [-0.3, -0.25) is 4.79 Å². The lowest BCUT2D eigenvalue weighted by molar-refractivity contribution is -0.154. The molecule has 90 valence electrons. The molecule has 7 heteroatoms. The molecule has 0 aliphatic rings. The van der Waals surface area contributed by atoms with E-state index in [4.69, 9.17) is 20.4 Å². The second-order valence-corrected chi connectivity index (χ2v) is 3.28. The van der Waals surface area contributed by atoms with Crippen LogP contribution in [-0.2, 0) is 4.79 Å². The molecule has 15 heavy (non-hydrogen) atoms. The summed E-state index contributed by atoms with van der Waals surface area (Å²) in [5.74, 6) is -0.785. The molecule has 0 saturated heterocycles. The summed E-state index contributed by atoms with van der Waals surface area (Å²) in [6.45, 7) is 0.177. The van der Waals surface area contributed by atoms with Crippen LogP contribution in [-0.4, -0.2) is 73.5 Å². The van der Waals surface area contributed by atoms with Gasteiger partial charge in [0.05, 0.1) is 6.61 Å². The quantitative estimate of drug-likeness (QED) is 0.274. The molecule has 0 amide bonds. The summed E-state index contributed by atoms with van der Waals surface area (Å²) in [6, 6.07) is 0. The number of rotatable bonds is 6. The number of aliphatic hydroxyl groups excluding tert-OH is 6. The lowest BCUT2D eigenvalue weighted by Gasteiger charge is -2.27. The maximum absolute atomic E-state index is 10.6. The Balaban J connectivity index is 4.42. The predicted molar refractivity (Wildman–Crippen MR) is 47.8 cm³/mol. The summed E-state index contributed by atoms with van der Waals surface area (Å²) in [5.41, 5.74) is 0. The number of carbonyl (C=O) groups is 1. The summed E-state index contributed by atoms with van der Waals surface area (Å²) < 4.78 is 0. The Morgan fingerprint density at radius 3 is 1.80 bits per heavy atom. The van der Waals surface area contributed by atoms with Crippen molar-refractivity contribution in [3.63, 3.8) is 0 Å². The van der Waals surface area contributed by atoms with Gasteiger partial charge in [-0.15, -0.1) is 0 Å². The van der Waals surface area contributed by atoms with Crippen molar-refractivity contribution >= 4 is 5.78 Å². The molecule has 0 fully saturated rings. The highest BCUT2D eigenvalue weighted by atomic mass is 16.4. The molecule has 0 aliphatic heterocycles. The monoisotopic (exact) mass is 224 g/mol. The molecule has 0 aromatic carbocycles. The van der Waals surface area contributed by atoms with E-state index in [1.165, 1.54) is 0 Å². The molecule has 0 heterocycles. The molecule has 0 bridgehead atoms. The van der Waals surface area contributed by atoms with E-state index in [1.54, 1.807) is 0 Å². The predicted octanol–water partition coefficient (Wildman–Crippen LogP) is -3.63. The Kier molecular flexibility index (Phi) is 5.88. The van der Waals surface area contributed by atoms with Crippen LogP contribution in [0.5, 0.6) is 0 Å². The molecule has 0 aromatic heterocycles. The molecule has 0 radical (unpaired) electrons. The topological polar surface area (TPSA) is 138 Å². The summed E-state index contributed by atoms with van der Waals surface area (Å²) >= 11 is 0. The van der Waals surface area contributed by atoms with Crippen LogP contribution < -0.4 is 0 Å². The fourth-order valence-electron chi connectivity index (χ4n) is 0.965. The van der Waals surface area contributed by atoms with Crippen LogP contribution >= 0.6 is 0 Å². The number of hydrogen-bond acceptors (Lipinski definition) is 7. The molecular weight excluding hydrogens is 208 g/mol. The van der Waals surface area contributed by atoms with E-state index in [-0.39, 0.29) is 0 Å². The number of hydrogen-bond donors (Lipinski definition) is 6. The zero-order valence-corrected chi connectivity index (χ0v) is 8.19. The van der Waals surface area contributed by atoms with E-state index in [2.05, 4.69) is 0 Å².